The van der Waals surface area contributed by atoms with Crippen LogP contribution in [0.5, 0.6) is 23.0 Å². The van der Waals surface area contributed by atoms with Crippen LogP contribution in [0.2, 0.25) is 0 Å². The van der Waals surface area contributed by atoms with E-state index >= 15 is 0 Å². The monoisotopic (exact) mass is 811 g/mol. The maximum absolute atomic E-state index is 13.8. The van der Waals surface area contributed by atoms with E-state index in [1.807, 2.05) is 38.5 Å². The first kappa shape index (κ1) is 41.4. The fraction of sp³-hybridized carbons (Fsp3) is 0.298. The third kappa shape index (κ3) is 9.26. The van der Waals surface area contributed by atoms with Crippen LogP contribution < -0.4 is 24.3 Å². The Kier molecular flexibility index (Phi) is 13.0. The molecule has 2 amide bonds. The molecule has 0 saturated carbocycles. The number of carbonyl (C=O) groups excluding carboxylic acids is 2. The highest BCUT2D eigenvalue weighted by Gasteiger charge is 2.33. The van der Waals surface area contributed by atoms with Crippen LogP contribution in [-0.2, 0) is 11.3 Å². The van der Waals surface area contributed by atoms with Gasteiger partial charge in [-0.05, 0) is 90.9 Å². The van der Waals surface area contributed by atoms with E-state index in [1.54, 1.807) is 72.8 Å². The number of carboxylic acid groups (broad SMARTS) is 1. The minimum absolute atomic E-state index is 0.128. The van der Waals surface area contributed by atoms with E-state index in [0.29, 0.717) is 66.0 Å². The number of aliphatic imine (C=N–C) groups is 2. The van der Waals surface area contributed by atoms with E-state index in [-0.39, 0.29) is 23.6 Å². The second-order valence-electron chi connectivity index (χ2n) is 14.9. The van der Waals surface area contributed by atoms with Crippen molar-refractivity contribution in [1.82, 2.24) is 15.1 Å². The van der Waals surface area contributed by atoms with Crippen molar-refractivity contribution in [3.63, 3.8) is 0 Å². The number of unbranched alkanes of at least 4 members (excludes halogenated alkanes) is 2. The lowest BCUT2D eigenvalue weighted by Crippen LogP contribution is -2.32. The van der Waals surface area contributed by atoms with Crippen molar-refractivity contribution in [3.8, 4) is 23.0 Å². The summed E-state index contributed by atoms with van der Waals surface area (Å²) in [5.41, 5.74) is 7.95. The van der Waals surface area contributed by atoms with Gasteiger partial charge in [0.25, 0.3) is 5.91 Å². The van der Waals surface area contributed by atoms with Crippen LogP contribution in [0.25, 0.3) is 11.1 Å². The summed E-state index contributed by atoms with van der Waals surface area (Å²) in [5, 5.41) is 12.4. The summed E-state index contributed by atoms with van der Waals surface area (Å²) in [6, 6.07) is 21.7. The number of carboxylic acids is 1. The third-order valence-electron chi connectivity index (χ3n) is 10.8. The summed E-state index contributed by atoms with van der Waals surface area (Å²) >= 11 is 0. The Morgan fingerprint density at radius 2 is 1.52 bits per heavy atom. The Morgan fingerprint density at radius 1 is 0.867 bits per heavy atom. The summed E-state index contributed by atoms with van der Waals surface area (Å²) in [5.74, 6) is 1.06. The number of aryl methyl sites for hydroxylation is 1. The Hall–Kier alpha value is -6.73. The highest BCUT2D eigenvalue weighted by atomic mass is 16.5. The van der Waals surface area contributed by atoms with Gasteiger partial charge in [-0.3, -0.25) is 19.6 Å². The van der Waals surface area contributed by atoms with Gasteiger partial charge < -0.3 is 39.2 Å². The molecule has 2 atom stereocenters. The summed E-state index contributed by atoms with van der Waals surface area (Å²) in [7, 11) is 5.09. The Labute approximate surface area is 349 Å². The first-order valence-electron chi connectivity index (χ1n) is 20.0. The number of nitrogens with one attached hydrogen (secondary N) is 1. The van der Waals surface area contributed by atoms with Crippen LogP contribution in [0.1, 0.15) is 75.1 Å². The second-order valence-corrected chi connectivity index (χ2v) is 14.9. The molecule has 3 aliphatic rings. The van der Waals surface area contributed by atoms with Crippen molar-refractivity contribution in [1.29, 1.82) is 0 Å². The molecule has 0 radical (unpaired) electrons. The number of methoxy groups -OCH3 is 2. The summed E-state index contributed by atoms with van der Waals surface area (Å²) in [6.45, 7) is 3.63. The van der Waals surface area contributed by atoms with Crippen molar-refractivity contribution < 1.29 is 38.4 Å². The van der Waals surface area contributed by atoms with Crippen molar-refractivity contribution in [2.75, 3.05) is 34.5 Å². The van der Waals surface area contributed by atoms with Crippen molar-refractivity contribution in [2.45, 2.75) is 57.7 Å². The molecule has 0 bridgehead atoms. The normalized spacial score (nSPS) is 16.9. The van der Waals surface area contributed by atoms with Gasteiger partial charge in [-0.2, -0.15) is 0 Å². The molecule has 0 aliphatic carbocycles. The van der Waals surface area contributed by atoms with Gasteiger partial charge in [0.1, 0.15) is 0 Å². The molecule has 13 nitrogen and oxygen atoms in total. The SMILES string of the molecule is CNCc1ccc(C2=CN3C(=O)c4cc(OC)c(OCCCCCOc5cc(/N=C\C6CC(c7ccc(C(=O)O)cc7)=CN6C=O)c(C)cc5OC)cc4N=CC3C2)cc1. The molecule has 7 rings (SSSR count). The standard InChI is InChI=1S/C47H49N5O8/c1-30-18-42(57-3)44(22-40(30)49-25-37-19-35(27-51(37)29-53)33-12-14-34(15-13-33)47(55)56)59-16-6-5-7-17-60-45-23-41-39(21-43(45)58-4)46(54)52-28-36(20-38(52)26-50-41)32-10-8-31(9-11-32)24-48-2/h8-15,18,21-23,25-29,37-38,48H,5-7,16-17,19-20,24H2,1-4H3,(H,55,56)/b49-25-. The van der Waals surface area contributed by atoms with Gasteiger partial charge in [-0.25, -0.2) is 4.79 Å². The molecule has 0 saturated heterocycles. The van der Waals surface area contributed by atoms with Gasteiger partial charge in [0, 0.05) is 56.3 Å². The largest absolute Gasteiger partial charge is 0.493 e. The lowest BCUT2D eigenvalue weighted by atomic mass is 10.0. The summed E-state index contributed by atoms with van der Waals surface area (Å²) in [6.07, 6.45) is 11.6. The minimum Gasteiger partial charge on any atom is -0.493 e. The van der Waals surface area contributed by atoms with E-state index in [9.17, 15) is 19.5 Å². The molecule has 4 aromatic carbocycles. The van der Waals surface area contributed by atoms with Gasteiger partial charge >= 0.3 is 5.97 Å². The second kappa shape index (κ2) is 18.9. The third-order valence-corrected chi connectivity index (χ3v) is 10.8. The number of carbonyl (C=O) groups is 3. The molecule has 2 unspecified atom stereocenters. The zero-order chi connectivity index (χ0) is 42.2. The molecule has 3 aliphatic heterocycles. The van der Waals surface area contributed by atoms with Crippen molar-refractivity contribution in [3.05, 3.63) is 119 Å². The number of nitrogens with zero attached hydrogens (tertiary/aromatic N) is 4. The molecule has 60 heavy (non-hydrogen) atoms. The van der Waals surface area contributed by atoms with Gasteiger partial charge in [0.15, 0.2) is 23.0 Å². The maximum atomic E-state index is 13.8. The van der Waals surface area contributed by atoms with Crippen LogP contribution in [0.4, 0.5) is 11.4 Å². The summed E-state index contributed by atoms with van der Waals surface area (Å²) < 4.78 is 23.6. The number of hydrogen-bond acceptors (Lipinski definition) is 10. The van der Waals surface area contributed by atoms with E-state index in [2.05, 4.69) is 29.6 Å². The topological polar surface area (TPSA) is 152 Å². The number of benzene rings is 4. The van der Waals surface area contributed by atoms with Crippen LogP contribution in [0.15, 0.2) is 95.2 Å². The molecule has 3 heterocycles. The van der Waals surface area contributed by atoms with Gasteiger partial charge in [-0.1, -0.05) is 36.4 Å². The zero-order valence-electron chi connectivity index (χ0n) is 34.2. The lowest BCUT2D eigenvalue weighted by molar-refractivity contribution is -0.116. The van der Waals surface area contributed by atoms with Crippen LogP contribution in [0.3, 0.4) is 0 Å². The van der Waals surface area contributed by atoms with Crippen molar-refractivity contribution in [2.24, 2.45) is 9.98 Å². The molecule has 0 spiro atoms. The fourth-order valence-electron chi connectivity index (χ4n) is 7.50. The quantitative estimate of drug-likeness (QED) is 0.0579. The van der Waals surface area contributed by atoms with Crippen molar-refractivity contribution >= 4 is 53.2 Å². The van der Waals surface area contributed by atoms with Gasteiger partial charge in [-0.15, -0.1) is 0 Å². The molecule has 4 aromatic rings. The lowest BCUT2D eigenvalue weighted by Gasteiger charge is -2.19. The van der Waals surface area contributed by atoms with E-state index in [0.717, 1.165) is 60.1 Å². The first-order chi connectivity index (χ1) is 29.2. The Morgan fingerprint density at radius 3 is 2.17 bits per heavy atom. The Bertz CT molecular complexity index is 2350. The summed E-state index contributed by atoms with van der Waals surface area (Å²) in [4.78, 5) is 49.7. The number of fused-ring (bicyclic) bond motifs is 2. The first-order valence-corrected chi connectivity index (χ1v) is 20.0. The fourth-order valence-corrected chi connectivity index (χ4v) is 7.50. The predicted molar refractivity (Wildman–Crippen MR) is 231 cm³/mol. The van der Waals surface area contributed by atoms with Gasteiger partial charge in [0.2, 0.25) is 6.41 Å². The molecule has 0 aromatic heterocycles. The molecule has 0 fully saturated rings. The zero-order valence-corrected chi connectivity index (χ0v) is 34.2. The van der Waals surface area contributed by atoms with Crippen LogP contribution in [-0.4, -0.2) is 92.2 Å². The average Bonchev–Trinajstić information content (AvgIpc) is 3.87. The predicted octanol–water partition coefficient (Wildman–Crippen LogP) is 8.00. The number of hydrogen-bond donors (Lipinski definition) is 2. The molecular weight excluding hydrogens is 763 g/mol. The minimum atomic E-state index is -0.989. The average molecular weight is 812 g/mol. The Balaban J connectivity index is 0.907. The highest BCUT2D eigenvalue weighted by molar-refractivity contribution is 6.05. The van der Waals surface area contributed by atoms with E-state index < -0.39 is 5.97 Å². The van der Waals surface area contributed by atoms with E-state index in [1.165, 1.54) is 5.56 Å². The van der Waals surface area contributed by atoms with Crippen LogP contribution >= 0.6 is 0 Å². The van der Waals surface area contributed by atoms with E-state index in [4.69, 9.17) is 28.9 Å². The number of aromatic carboxylic acids is 1. The number of amides is 2. The van der Waals surface area contributed by atoms with Crippen LogP contribution in [0, 0.1) is 6.92 Å². The molecule has 2 N–H and O–H groups in total. The molecule has 13 heteroatoms. The maximum Gasteiger partial charge on any atom is 0.335 e. The molecular formula is C47H49N5O8. The molecule has 310 valence electrons. The van der Waals surface area contributed by atoms with Gasteiger partial charge in [0.05, 0.1) is 62.0 Å². The number of rotatable bonds is 18. The number of ether oxygens (including phenoxy) is 4. The highest BCUT2D eigenvalue weighted by Crippen LogP contribution is 2.40. The smallest absolute Gasteiger partial charge is 0.335 e.